The quantitative estimate of drug-likeness (QED) is 0.776. The number of nitrogens with one attached hydrogen (secondary N) is 1. The molecule has 0 fully saturated rings. The summed E-state index contributed by atoms with van der Waals surface area (Å²) in [4.78, 5) is 11.9. The molecule has 0 unspecified atom stereocenters. The minimum atomic E-state index is -4.16. The van der Waals surface area contributed by atoms with Crippen LogP contribution in [0.2, 0.25) is 5.02 Å². The van der Waals surface area contributed by atoms with E-state index in [1.807, 2.05) is 0 Å². The van der Waals surface area contributed by atoms with Crippen LogP contribution in [0.3, 0.4) is 0 Å². The molecular weight excluding hydrogens is 406 g/mol. The van der Waals surface area contributed by atoms with E-state index >= 15 is 0 Å². The standard InChI is InChI=1S/C16H15ClF2N2O5S/c1-21(2)27(23,24)20-16(22)10-7-12(19)14(8-11(10)18)26-13-5-4-9(17)6-15(13)25-3/h4-8H,1-3H3,(H,20,22). The number of nitrogens with zero attached hydrogens (tertiary/aromatic N) is 1. The molecule has 0 spiro atoms. The molecule has 0 atom stereocenters. The Hall–Kier alpha value is -2.43. The average molecular weight is 421 g/mol. The lowest BCUT2D eigenvalue weighted by atomic mass is 10.2. The number of ether oxygens (including phenoxy) is 2. The summed E-state index contributed by atoms with van der Waals surface area (Å²) in [5.41, 5.74) is -0.798. The van der Waals surface area contributed by atoms with Crippen molar-refractivity contribution in [1.29, 1.82) is 0 Å². The molecule has 1 N–H and O–H groups in total. The lowest BCUT2D eigenvalue weighted by Gasteiger charge is -2.14. The second kappa shape index (κ2) is 8.07. The summed E-state index contributed by atoms with van der Waals surface area (Å²) in [6, 6.07) is 5.43. The number of carbonyl (C=O) groups is 1. The summed E-state index contributed by atoms with van der Waals surface area (Å²) < 4.78 is 64.5. The number of halogens is 3. The first-order chi connectivity index (χ1) is 12.5. The van der Waals surface area contributed by atoms with Crippen LogP contribution in [0.25, 0.3) is 0 Å². The Morgan fingerprint density at radius 3 is 2.33 bits per heavy atom. The van der Waals surface area contributed by atoms with E-state index in [1.165, 1.54) is 39.4 Å². The number of rotatable bonds is 6. The lowest BCUT2D eigenvalue weighted by Crippen LogP contribution is -2.39. The Balaban J connectivity index is 2.33. The van der Waals surface area contributed by atoms with Crippen molar-refractivity contribution in [3.05, 3.63) is 52.6 Å². The molecule has 0 heterocycles. The highest BCUT2D eigenvalue weighted by molar-refractivity contribution is 7.87. The van der Waals surface area contributed by atoms with Gasteiger partial charge in [-0.25, -0.2) is 13.5 Å². The molecule has 1 amide bonds. The zero-order valence-corrected chi connectivity index (χ0v) is 16.0. The van der Waals surface area contributed by atoms with Crippen LogP contribution in [-0.4, -0.2) is 39.8 Å². The first-order valence-corrected chi connectivity index (χ1v) is 9.12. The van der Waals surface area contributed by atoms with Gasteiger partial charge in [-0.05, 0) is 18.2 Å². The van der Waals surface area contributed by atoms with Gasteiger partial charge in [0.15, 0.2) is 23.1 Å². The molecule has 2 aromatic rings. The SMILES string of the molecule is COc1cc(Cl)ccc1Oc1cc(F)c(C(=O)NS(=O)(=O)N(C)C)cc1F. The zero-order chi connectivity index (χ0) is 20.4. The van der Waals surface area contributed by atoms with Crippen molar-refractivity contribution in [1.82, 2.24) is 9.03 Å². The van der Waals surface area contributed by atoms with E-state index in [0.717, 1.165) is 0 Å². The molecule has 0 aliphatic rings. The normalized spacial score (nSPS) is 11.4. The van der Waals surface area contributed by atoms with Gasteiger partial charge in [-0.1, -0.05) is 11.6 Å². The first kappa shape index (κ1) is 20.9. The number of methoxy groups -OCH3 is 1. The van der Waals surface area contributed by atoms with Crippen molar-refractivity contribution in [2.24, 2.45) is 0 Å². The Labute approximate surface area is 159 Å². The molecule has 146 valence electrons. The van der Waals surface area contributed by atoms with Crippen molar-refractivity contribution >= 4 is 27.7 Å². The van der Waals surface area contributed by atoms with Crippen LogP contribution in [0.1, 0.15) is 10.4 Å². The van der Waals surface area contributed by atoms with Gasteiger partial charge in [0, 0.05) is 31.3 Å². The van der Waals surface area contributed by atoms with Crippen molar-refractivity contribution in [2.75, 3.05) is 21.2 Å². The lowest BCUT2D eigenvalue weighted by molar-refractivity contribution is 0.0975. The van der Waals surface area contributed by atoms with Crippen LogP contribution in [0, 0.1) is 11.6 Å². The van der Waals surface area contributed by atoms with Crippen molar-refractivity contribution in [3.63, 3.8) is 0 Å². The third-order valence-corrected chi connectivity index (χ3v) is 4.95. The van der Waals surface area contributed by atoms with E-state index in [4.69, 9.17) is 21.1 Å². The molecule has 11 heteroatoms. The van der Waals surface area contributed by atoms with Crippen LogP contribution in [-0.2, 0) is 10.2 Å². The van der Waals surface area contributed by atoms with Gasteiger partial charge in [0.1, 0.15) is 5.82 Å². The van der Waals surface area contributed by atoms with Crippen molar-refractivity contribution < 1.29 is 31.5 Å². The minimum Gasteiger partial charge on any atom is -0.493 e. The molecule has 0 aromatic heterocycles. The number of hydrogen-bond acceptors (Lipinski definition) is 5. The van der Waals surface area contributed by atoms with Gasteiger partial charge in [-0.3, -0.25) is 4.79 Å². The summed E-state index contributed by atoms with van der Waals surface area (Å²) in [7, 11) is -0.482. The predicted molar refractivity (Wildman–Crippen MR) is 94.5 cm³/mol. The van der Waals surface area contributed by atoms with Crippen LogP contribution in [0.5, 0.6) is 17.2 Å². The molecule has 0 aliphatic heterocycles. The number of benzene rings is 2. The van der Waals surface area contributed by atoms with E-state index in [1.54, 1.807) is 4.72 Å². The Kier molecular flexibility index (Phi) is 6.24. The minimum absolute atomic E-state index is 0.0626. The number of carbonyl (C=O) groups excluding carboxylic acids is 1. The fourth-order valence-electron chi connectivity index (χ4n) is 1.89. The maximum Gasteiger partial charge on any atom is 0.303 e. The van der Waals surface area contributed by atoms with Gasteiger partial charge >= 0.3 is 10.2 Å². The summed E-state index contributed by atoms with van der Waals surface area (Å²) in [6.07, 6.45) is 0. The van der Waals surface area contributed by atoms with E-state index in [-0.39, 0.29) is 11.5 Å². The van der Waals surface area contributed by atoms with Crippen molar-refractivity contribution in [3.8, 4) is 17.2 Å². The zero-order valence-electron chi connectivity index (χ0n) is 14.4. The maximum atomic E-state index is 14.3. The van der Waals surface area contributed by atoms with E-state index < -0.39 is 39.1 Å². The fraction of sp³-hybridized carbons (Fsp3) is 0.188. The van der Waals surface area contributed by atoms with E-state index in [0.29, 0.717) is 21.5 Å². The monoisotopic (exact) mass is 420 g/mol. The largest absolute Gasteiger partial charge is 0.493 e. The summed E-state index contributed by atoms with van der Waals surface area (Å²) in [5.74, 6) is -3.86. The third kappa shape index (κ3) is 4.85. The highest BCUT2D eigenvalue weighted by atomic mass is 35.5. The number of hydrogen-bond donors (Lipinski definition) is 1. The summed E-state index contributed by atoms with van der Waals surface area (Å²) in [5, 5.41) is 0.347. The third-order valence-electron chi connectivity index (χ3n) is 3.31. The first-order valence-electron chi connectivity index (χ1n) is 7.30. The maximum absolute atomic E-state index is 14.3. The topological polar surface area (TPSA) is 84.9 Å². The Morgan fingerprint density at radius 1 is 1.07 bits per heavy atom. The van der Waals surface area contributed by atoms with Gasteiger partial charge in [-0.15, -0.1) is 0 Å². The molecule has 0 bridgehead atoms. The summed E-state index contributed by atoms with van der Waals surface area (Å²) in [6.45, 7) is 0. The predicted octanol–water partition coefficient (Wildman–Crippen LogP) is 2.96. The average Bonchev–Trinajstić information content (AvgIpc) is 2.58. The highest BCUT2D eigenvalue weighted by Gasteiger charge is 2.23. The molecule has 0 radical (unpaired) electrons. The second-order valence-corrected chi connectivity index (χ2v) is 7.70. The smallest absolute Gasteiger partial charge is 0.303 e. The molecule has 0 aliphatic carbocycles. The Bertz CT molecular complexity index is 983. The van der Waals surface area contributed by atoms with E-state index in [2.05, 4.69) is 0 Å². The van der Waals surface area contributed by atoms with Gasteiger partial charge in [0.2, 0.25) is 0 Å². The fourth-order valence-corrected chi connectivity index (χ4v) is 2.58. The molecule has 0 saturated heterocycles. The van der Waals surface area contributed by atoms with Gasteiger partial charge < -0.3 is 9.47 Å². The molecule has 7 nitrogen and oxygen atoms in total. The highest BCUT2D eigenvalue weighted by Crippen LogP contribution is 2.35. The van der Waals surface area contributed by atoms with Crippen LogP contribution < -0.4 is 14.2 Å². The summed E-state index contributed by atoms with van der Waals surface area (Å²) >= 11 is 5.82. The molecular formula is C16H15ClF2N2O5S. The van der Waals surface area contributed by atoms with Gasteiger partial charge in [0.05, 0.1) is 12.7 Å². The molecule has 27 heavy (non-hydrogen) atoms. The Morgan fingerprint density at radius 2 is 1.74 bits per heavy atom. The molecule has 2 aromatic carbocycles. The molecule has 0 saturated carbocycles. The number of amides is 1. The van der Waals surface area contributed by atoms with Gasteiger partial charge in [0.25, 0.3) is 5.91 Å². The van der Waals surface area contributed by atoms with Crippen molar-refractivity contribution in [2.45, 2.75) is 0 Å². The second-order valence-electron chi connectivity index (χ2n) is 5.38. The van der Waals surface area contributed by atoms with Gasteiger partial charge in [-0.2, -0.15) is 12.7 Å². The van der Waals surface area contributed by atoms with Crippen LogP contribution in [0.15, 0.2) is 30.3 Å². The van der Waals surface area contributed by atoms with Crippen LogP contribution in [0.4, 0.5) is 8.78 Å². The molecule has 2 rings (SSSR count). The van der Waals surface area contributed by atoms with Crippen LogP contribution >= 0.6 is 11.6 Å². The van der Waals surface area contributed by atoms with E-state index in [9.17, 15) is 22.0 Å².